The zero-order valence-electron chi connectivity index (χ0n) is 17.1. The molecule has 0 saturated heterocycles. The van der Waals surface area contributed by atoms with E-state index in [4.69, 9.17) is 4.99 Å². The minimum Gasteiger partial charge on any atom is -0.324 e. The topological polar surface area (TPSA) is 28.5 Å². The molecule has 3 aromatic carbocycles. The van der Waals surface area contributed by atoms with Crippen molar-refractivity contribution in [1.82, 2.24) is 4.98 Å². The SMILES string of the molecule is CC(C)(C)[C@H]1CN(c2ccc3ccccc3c2)C(c2cccc3cccnc23)=N1. The van der Waals surface area contributed by atoms with Crippen molar-refractivity contribution >= 4 is 33.2 Å². The quantitative estimate of drug-likeness (QED) is 0.423. The number of aromatic nitrogens is 1. The van der Waals surface area contributed by atoms with E-state index >= 15 is 0 Å². The van der Waals surface area contributed by atoms with Crippen molar-refractivity contribution < 1.29 is 0 Å². The lowest BCUT2D eigenvalue weighted by Crippen LogP contribution is -2.34. The second kappa shape index (κ2) is 6.70. The average Bonchev–Trinajstić information content (AvgIpc) is 3.19. The number of fused-ring (bicyclic) bond motifs is 2. The number of pyridine rings is 1. The van der Waals surface area contributed by atoms with Crippen molar-refractivity contribution in [1.29, 1.82) is 0 Å². The van der Waals surface area contributed by atoms with Gasteiger partial charge in [0.15, 0.2) is 0 Å². The van der Waals surface area contributed by atoms with Gasteiger partial charge in [-0.05, 0) is 40.5 Å². The van der Waals surface area contributed by atoms with Gasteiger partial charge in [0.05, 0.1) is 11.6 Å². The molecule has 0 amide bonds. The smallest absolute Gasteiger partial charge is 0.138 e. The summed E-state index contributed by atoms with van der Waals surface area (Å²) in [7, 11) is 0. The van der Waals surface area contributed by atoms with E-state index < -0.39 is 0 Å². The van der Waals surface area contributed by atoms with Gasteiger partial charge >= 0.3 is 0 Å². The van der Waals surface area contributed by atoms with Gasteiger partial charge in [0.1, 0.15) is 5.84 Å². The van der Waals surface area contributed by atoms with E-state index in [1.807, 2.05) is 12.3 Å². The number of anilines is 1. The number of aliphatic imine (C=N–C) groups is 1. The molecule has 5 rings (SSSR count). The molecule has 0 radical (unpaired) electrons. The van der Waals surface area contributed by atoms with Crippen LogP contribution in [0.15, 0.2) is 84.0 Å². The van der Waals surface area contributed by atoms with Crippen LogP contribution < -0.4 is 4.90 Å². The van der Waals surface area contributed by atoms with Crippen LogP contribution in [0.5, 0.6) is 0 Å². The molecule has 0 spiro atoms. The van der Waals surface area contributed by atoms with Crippen LogP contribution in [0.25, 0.3) is 21.7 Å². The maximum absolute atomic E-state index is 5.22. The standard InChI is InChI=1S/C26H25N3/c1-26(2,3)23-17-29(21-14-13-18-8-4-5-9-20(18)16-21)25(28-23)22-12-6-10-19-11-7-15-27-24(19)22/h4-16,23H,17H2,1-3H3/t23-/m1/s1. The molecule has 0 saturated carbocycles. The summed E-state index contributed by atoms with van der Waals surface area (Å²) in [6, 6.07) is 25.9. The first-order chi connectivity index (χ1) is 14.0. The Hall–Kier alpha value is -3.20. The van der Waals surface area contributed by atoms with Gasteiger partial charge in [-0.15, -0.1) is 0 Å². The van der Waals surface area contributed by atoms with Crippen LogP contribution in [0.3, 0.4) is 0 Å². The number of amidine groups is 1. The molecular weight excluding hydrogens is 354 g/mol. The summed E-state index contributed by atoms with van der Waals surface area (Å²) in [4.78, 5) is 12.3. The van der Waals surface area contributed by atoms with Crippen molar-refractivity contribution in [3.8, 4) is 0 Å². The summed E-state index contributed by atoms with van der Waals surface area (Å²) in [5.41, 5.74) is 3.38. The molecule has 1 atom stereocenters. The molecule has 3 nitrogen and oxygen atoms in total. The van der Waals surface area contributed by atoms with Crippen molar-refractivity contribution in [3.63, 3.8) is 0 Å². The molecule has 4 aromatic rings. The number of para-hydroxylation sites is 1. The summed E-state index contributed by atoms with van der Waals surface area (Å²) < 4.78 is 0. The normalized spacial score (nSPS) is 17.1. The first-order valence-electron chi connectivity index (χ1n) is 10.2. The highest BCUT2D eigenvalue weighted by molar-refractivity contribution is 6.17. The van der Waals surface area contributed by atoms with E-state index in [0.717, 1.165) is 28.8 Å². The van der Waals surface area contributed by atoms with E-state index in [2.05, 4.69) is 97.4 Å². The fourth-order valence-electron chi connectivity index (χ4n) is 4.06. The first-order valence-corrected chi connectivity index (χ1v) is 10.2. The summed E-state index contributed by atoms with van der Waals surface area (Å²) in [5.74, 6) is 1.02. The Kier molecular flexibility index (Phi) is 4.13. The highest BCUT2D eigenvalue weighted by Crippen LogP contribution is 2.34. The van der Waals surface area contributed by atoms with Crippen LogP contribution in [0.2, 0.25) is 0 Å². The highest BCUT2D eigenvalue weighted by atomic mass is 15.3. The largest absolute Gasteiger partial charge is 0.324 e. The Morgan fingerprint density at radius 3 is 2.41 bits per heavy atom. The maximum atomic E-state index is 5.22. The third-order valence-electron chi connectivity index (χ3n) is 5.81. The fraction of sp³-hybridized carbons (Fsp3) is 0.231. The monoisotopic (exact) mass is 379 g/mol. The fourth-order valence-corrected chi connectivity index (χ4v) is 4.06. The van der Waals surface area contributed by atoms with Gasteiger partial charge in [-0.25, -0.2) is 0 Å². The van der Waals surface area contributed by atoms with Gasteiger partial charge in [-0.1, -0.05) is 69.3 Å². The minimum atomic E-state index is 0.0921. The zero-order chi connectivity index (χ0) is 20.0. The van der Waals surface area contributed by atoms with Crippen LogP contribution in [-0.2, 0) is 0 Å². The van der Waals surface area contributed by atoms with E-state index in [-0.39, 0.29) is 11.5 Å². The molecule has 0 unspecified atom stereocenters. The third kappa shape index (κ3) is 3.17. The summed E-state index contributed by atoms with van der Waals surface area (Å²) in [5, 5.41) is 3.65. The molecule has 1 aliphatic heterocycles. The molecule has 0 bridgehead atoms. The van der Waals surface area contributed by atoms with Crippen LogP contribution in [0, 0.1) is 5.41 Å². The average molecular weight is 380 g/mol. The van der Waals surface area contributed by atoms with Gasteiger partial charge in [0, 0.05) is 29.4 Å². The van der Waals surface area contributed by atoms with Gasteiger partial charge in [0.2, 0.25) is 0 Å². The predicted octanol–water partition coefficient (Wildman–Crippen LogP) is 6.07. The van der Waals surface area contributed by atoms with Crippen molar-refractivity contribution in [2.45, 2.75) is 26.8 Å². The van der Waals surface area contributed by atoms with Crippen molar-refractivity contribution in [3.05, 3.63) is 84.6 Å². The Morgan fingerprint density at radius 1 is 0.828 bits per heavy atom. The molecule has 0 fully saturated rings. The molecule has 1 aliphatic rings. The number of hydrogen-bond donors (Lipinski definition) is 0. The zero-order valence-corrected chi connectivity index (χ0v) is 17.1. The lowest BCUT2D eigenvalue weighted by atomic mass is 9.87. The predicted molar refractivity (Wildman–Crippen MR) is 123 cm³/mol. The number of rotatable bonds is 2. The second-order valence-electron chi connectivity index (χ2n) is 8.86. The Balaban J connectivity index is 1.68. The van der Waals surface area contributed by atoms with Crippen LogP contribution >= 0.6 is 0 Å². The molecule has 144 valence electrons. The van der Waals surface area contributed by atoms with Gasteiger partial charge < -0.3 is 4.90 Å². The highest BCUT2D eigenvalue weighted by Gasteiger charge is 2.35. The first kappa shape index (κ1) is 17.9. The van der Waals surface area contributed by atoms with Gasteiger partial charge in [-0.2, -0.15) is 0 Å². The maximum Gasteiger partial charge on any atom is 0.138 e. The molecule has 2 heterocycles. The van der Waals surface area contributed by atoms with E-state index in [9.17, 15) is 0 Å². The van der Waals surface area contributed by atoms with Crippen molar-refractivity contribution in [2.24, 2.45) is 10.4 Å². The molecule has 1 aromatic heterocycles. The lowest BCUT2D eigenvalue weighted by molar-refractivity contribution is 0.337. The summed E-state index contributed by atoms with van der Waals surface area (Å²) >= 11 is 0. The number of hydrogen-bond acceptors (Lipinski definition) is 3. The number of nitrogens with zero attached hydrogens (tertiary/aromatic N) is 3. The third-order valence-corrected chi connectivity index (χ3v) is 5.81. The van der Waals surface area contributed by atoms with E-state index in [0.29, 0.717) is 0 Å². The molecule has 0 N–H and O–H groups in total. The molecular formula is C26H25N3. The second-order valence-corrected chi connectivity index (χ2v) is 8.86. The Labute approximate surface area is 171 Å². The van der Waals surface area contributed by atoms with Crippen molar-refractivity contribution in [2.75, 3.05) is 11.4 Å². The summed E-state index contributed by atoms with van der Waals surface area (Å²) in [6.45, 7) is 7.68. The number of benzene rings is 3. The van der Waals surface area contributed by atoms with E-state index in [1.54, 1.807) is 0 Å². The van der Waals surface area contributed by atoms with E-state index in [1.165, 1.54) is 16.5 Å². The molecule has 3 heteroatoms. The lowest BCUT2D eigenvalue weighted by Gasteiger charge is -2.26. The Bertz CT molecular complexity index is 1230. The van der Waals surface area contributed by atoms with Gasteiger partial charge in [0.25, 0.3) is 0 Å². The van der Waals surface area contributed by atoms with Crippen LogP contribution in [-0.4, -0.2) is 23.4 Å². The van der Waals surface area contributed by atoms with Crippen LogP contribution in [0.4, 0.5) is 5.69 Å². The molecule has 0 aliphatic carbocycles. The summed E-state index contributed by atoms with van der Waals surface area (Å²) in [6.07, 6.45) is 1.86. The minimum absolute atomic E-state index is 0.0921. The van der Waals surface area contributed by atoms with Crippen LogP contribution in [0.1, 0.15) is 26.3 Å². The molecule has 29 heavy (non-hydrogen) atoms. The Morgan fingerprint density at radius 2 is 1.59 bits per heavy atom. The van der Waals surface area contributed by atoms with Gasteiger partial charge in [-0.3, -0.25) is 9.98 Å².